The van der Waals surface area contributed by atoms with Gasteiger partial charge < -0.3 is 4.90 Å². The molecule has 1 aliphatic carbocycles. The molecule has 0 radical (unpaired) electrons. The van der Waals surface area contributed by atoms with Crippen LogP contribution in [0.15, 0.2) is 65.2 Å². The minimum atomic E-state index is 0.152. The summed E-state index contributed by atoms with van der Waals surface area (Å²) >= 11 is 1.59. The van der Waals surface area contributed by atoms with Gasteiger partial charge in [-0.3, -0.25) is 4.79 Å². The highest BCUT2D eigenvalue weighted by Gasteiger charge is 2.17. The first kappa shape index (κ1) is 14.9. The van der Waals surface area contributed by atoms with Gasteiger partial charge in [0.1, 0.15) is 0 Å². The molecule has 2 aromatic carbocycles. The maximum Gasteiger partial charge on any atom is 0.236 e. The maximum atomic E-state index is 12.4. The fourth-order valence-electron chi connectivity index (χ4n) is 2.60. The van der Waals surface area contributed by atoms with Gasteiger partial charge in [-0.05, 0) is 42.2 Å². The van der Waals surface area contributed by atoms with Crippen LogP contribution in [-0.2, 0) is 11.2 Å². The van der Waals surface area contributed by atoms with Crippen molar-refractivity contribution in [3.05, 3.63) is 71.4 Å². The van der Waals surface area contributed by atoms with Crippen molar-refractivity contribution in [1.29, 1.82) is 0 Å². The molecule has 3 heteroatoms. The van der Waals surface area contributed by atoms with Crippen LogP contribution in [0, 0.1) is 0 Å². The number of allylic oxidation sites excluding steroid dienone is 1. The quantitative estimate of drug-likeness (QED) is 0.788. The van der Waals surface area contributed by atoms with E-state index in [1.807, 2.05) is 48.3 Å². The summed E-state index contributed by atoms with van der Waals surface area (Å²) in [5.41, 5.74) is 3.71. The zero-order chi connectivity index (χ0) is 15.4. The van der Waals surface area contributed by atoms with E-state index in [4.69, 9.17) is 0 Å². The van der Waals surface area contributed by atoms with Crippen molar-refractivity contribution in [2.75, 3.05) is 12.8 Å². The molecule has 0 aliphatic heterocycles. The number of carbonyl (C=O) groups is 1. The van der Waals surface area contributed by atoms with Crippen LogP contribution < -0.4 is 0 Å². The molecule has 0 fully saturated rings. The van der Waals surface area contributed by atoms with Crippen molar-refractivity contribution in [1.82, 2.24) is 4.90 Å². The van der Waals surface area contributed by atoms with Crippen molar-refractivity contribution in [2.45, 2.75) is 17.7 Å². The molecule has 0 spiro atoms. The van der Waals surface area contributed by atoms with Crippen molar-refractivity contribution in [3.63, 3.8) is 0 Å². The van der Waals surface area contributed by atoms with Gasteiger partial charge in [-0.2, -0.15) is 0 Å². The average Bonchev–Trinajstić information content (AvgIpc) is 2.59. The average molecular weight is 309 g/mol. The first-order chi connectivity index (χ1) is 10.7. The number of benzene rings is 2. The number of aryl methyl sites for hydroxylation is 1. The van der Waals surface area contributed by atoms with Crippen molar-refractivity contribution >= 4 is 23.7 Å². The number of fused-ring (bicyclic) bond motifs is 1. The van der Waals surface area contributed by atoms with Gasteiger partial charge in [-0.1, -0.05) is 42.5 Å². The third-order valence-corrected chi connectivity index (χ3v) is 4.93. The molecule has 0 saturated carbocycles. The molecule has 0 bridgehead atoms. The number of hydrogen-bond acceptors (Lipinski definition) is 2. The molecular formula is C19H19NOS. The number of nitrogens with zero attached hydrogens (tertiary/aromatic N) is 1. The van der Waals surface area contributed by atoms with Gasteiger partial charge in [0.05, 0.1) is 5.75 Å². The fraction of sp³-hybridized carbons (Fsp3) is 0.211. The third kappa shape index (κ3) is 3.42. The Morgan fingerprint density at radius 1 is 1.05 bits per heavy atom. The Hall–Kier alpha value is -2.00. The Kier molecular flexibility index (Phi) is 4.64. The van der Waals surface area contributed by atoms with E-state index >= 15 is 0 Å². The van der Waals surface area contributed by atoms with Gasteiger partial charge in [0, 0.05) is 17.6 Å². The lowest BCUT2D eigenvalue weighted by molar-refractivity contribution is -0.125. The van der Waals surface area contributed by atoms with Gasteiger partial charge in [-0.15, -0.1) is 11.8 Å². The highest BCUT2D eigenvalue weighted by molar-refractivity contribution is 8.00. The Bertz CT molecular complexity index is 694. The van der Waals surface area contributed by atoms with E-state index in [0.29, 0.717) is 5.75 Å². The molecule has 0 aromatic heterocycles. The number of carbonyl (C=O) groups excluding carboxylic acids is 1. The van der Waals surface area contributed by atoms with E-state index in [1.54, 1.807) is 11.8 Å². The highest BCUT2D eigenvalue weighted by atomic mass is 32.2. The summed E-state index contributed by atoms with van der Waals surface area (Å²) in [5.74, 6) is 0.624. The van der Waals surface area contributed by atoms with Gasteiger partial charge in [0.25, 0.3) is 0 Å². The highest BCUT2D eigenvalue weighted by Crippen LogP contribution is 2.26. The van der Waals surface area contributed by atoms with Crippen LogP contribution in [0.3, 0.4) is 0 Å². The van der Waals surface area contributed by atoms with Crippen molar-refractivity contribution < 1.29 is 4.79 Å². The molecule has 2 aromatic rings. The molecular weight excluding hydrogens is 290 g/mol. The summed E-state index contributed by atoms with van der Waals surface area (Å²) in [7, 11) is 1.88. The first-order valence-electron chi connectivity index (χ1n) is 7.47. The van der Waals surface area contributed by atoms with Crippen LogP contribution >= 0.6 is 11.8 Å². The number of rotatable bonds is 4. The smallest absolute Gasteiger partial charge is 0.236 e. The monoisotopic (exact) mass is 309 g/mol. The zero-order valence-electron chi connectivity index (χ0n) is 12.7. The van der Waals surface area contributed by atoms with E-state index in [0.717, 1.165) is 23.4 Å². The summed E-state index contributed by atoms with van der Waals surface area (Å²) in [6.07, 6.45) is 4.07. The second-order valence-corrected chi connectivity index (χ2v) is 6.44. The summed E-state index contributed by atoms with van der Waals surface area (Å²) in [5, 5.41) is 0. The second kappa shape index (κ2) is 6.84. The number of thioether (sulfide) groups is 1. The van der Waals surface area contributed by atoms with E-state index < -0.39 is 0 Å². The van der Waals surface area contributed by atoms with Crippen LogP contribution in [0.2, 0.25) is 0 Å². The predicted octanol–water partition coefficient (Wildman–Crippen LogP) is 4.22. The summed E-state index contributed by atoms with van der Waals surface area (Å²) in [4.78, 5) is 15.3. The Labute approximate surface area is 135 Å². The van der Waals surface area contributed by atoms with Crippen LogP contribution in [0.5, 0.6) is 0 Å². The van der Waals surface area contributed by atoms with Gasteiger partial charge in [-0.25, -0.2) is 0 Å². The normalized spacial score (nSPS) is 13.2. The van der Waals surface area contributed by atoms with Crippen molar-refractivity contribution in [3.8, 4) is 0 Å². The fourth-order valence-corrected chi connectivity index (χ4v) is 3.43. The molecule has 0 saturated heterocycles. The van der Waals surface area contributed by atoms with Crippen LogP contribution in [0.4, 0.5) is 0 Å². The van der Waals surface area contributed by atoms with E-state index in [2.05, 4.69) is 24.3 Å². The van der Waals surface area contributed by atoms with E-state index in [1.165, 1.54) is 11.1 Å². The van der Waals surface area contributed by atoms with Crippen LogP contribution in [0.1, 0.15) is 17.5 Å². The molecule has 22 heavy (non-hydrogen) atoms. The lowest BCUT2D eigenvalue weighted by atomic mass is 9.95. The summed E-state index contributed by atoms with van der Waals surface area (Å²) in [6, 6.07) is 18.5. The number of hydrogen-bond donors (Lipinski definition) is 0. The van der Waals surface area contributed by atoms with Gasteiger partial charge in [0.15, 0.2) is 0 Å². The molecule has 1 aliphatic rings. The zero-order valence-corrected chi connectivity index (χ0v) is 13.5. The Morgan fingerprint density at radius 2 is 1.77 bits per heavy atom. The van der Waals surface area contributed by atoms with Gasteiger partial charge in [0.2, 0.25) is 5.91 Å². The Balaban J connectivity index is 1.65. The molecule has 112 valence electrons. The molecule has 0 N–H and O–H groups in total. The molecule has 3 rings (SSSR count). The molecule has 0 unspecified atom stereocenters. The SMILES string of the molecule is CN(C(=O)CSc1ccccc1)C1=Cc2ccccc2CC1. The van der Waals surface area contributed by atoms with Crippen LogP contribution in [-0.4, -0.2) is 23.6 Å². The third-order valence-electron chi connectivity index (χ3n) is 3.94. The predicted molar refractivity (Wildman–Crippen MR) is 92.7 cm³/mol. The van der Waals surface area contributed by atoms with E-state index in [9.17, 15) is 4.79 Å². The maximum absolute atomic E-state index is 12.4. The molecule has 2 nitrogen and oxygen atoms in total. The lowest BCUT2D eigenvalue weighted by Gasteiger charge is -2.24. The summed E-state index contributed by atoms with van der Waals surface area (Å²) in [6.45, 7) is 0. The molecule has 0 heterocycles. The second-order valence-electron chi connectivity index (χ2n) is 5.39. The molecule has 0 atom stereocenters. The van der Waals surface area contributed by atoms with Crippen LogP contribution in [0.25, 0.3) is 6.08 Å². The molecule has 1 amide bonds. The lowest BCUT2D eigenvalue weighted by Crippen LogP contribution is -2.28. The standard InChI is InChI=1S/C19H19NOS/c1-20(19(21)14-22-18-9-3-2-4-10-18)17-12-11-15-7-5-6-8-16(15)13-17/h2-10,13H,11-12,14H2,1H3. The number of amides is 1. The van der Waals surface area contributed by atoms with E-state index in [-0.39, 0.29) is 5.91 Å². The van der Waals surface area contributed by atoms with Crippen molar-refractivity contribution in [2.24, 2.45) is 0 Å². The summed E-state index contributed by atoms with van der Waals surface area (Å²) < 4.78 is 0. The topological polar surface area (TPSA) is 20.3 Å². The minimum absolute atomic E-state index is 0.152. The van der Waals surface area contributed by atoms with Gasteiger partial charge >= 0.3 is 0 Å². The first-order valence-corrected chi connectivity index (χ1v) is 8.45. The minimum Gasteiger partial charge on any atom is -0.319 e. The Morgan fingerprint density at radius 3 is 2.59 bits per heavy atom. The largest absolute Gasteiger partial charge is 0.319 e.